The number of imide groups is 1. The van der Waals surface area contributed by atoms with E-state index in [0.29, 0.717) is 36.9 Å². The average molecular weight is 669 g/mol. The first kappa shape index (κ1) is 30.1. The summed E-state index contributed by atoms with van der Waals surface area (Å²) in [5, 5.41) is 3.36. The molecule has 3 heterocycles. The number of carbonyl (C=O) groups excluding carboxylic acids is 4. The molecule has 0 saturated carbocycles. The number of esters is 1. The summed E-state index contributed by atoms with van der Waals surface area (Å²) in [7, 11) is 0. The minimum Gasteiger partial charge on any atom is -0.462 e. The number of nitrogens with one attached hydrogen (secondary N) is 1. The summed E-state index contributed by atoms with van der Waals surface area (Å²) in [5.41, 5.74) is 1.91. The molecule has 0 bridgehead atoms. The van der Waals surface area contributed by atoms with Gasteiger partial charge in [-0.05, 0) is 73.2 Å². The van der Waals surface area contributed by atoms with Gasteiger partial charge < -0.3 is 10.1 Å². The first-order valence-corrected chi connectivity index (χ1v) is 16.0. The van der Waals surface area contributed by atoms with Crippen molar-refractivity contribution in [3.8, 4) is 0 Å². The second kappa shape index (κ2) is 12.2. The molecule has 224 valence electrons. The van der Waals surface area contributed by atoms with Gasteiger partial charge in [0.15, 0.2) is 0 Å². The van der Waals surface area contributed by atoms with Crippen molar-refractivity contribution >= 4 is 81.4 Å². The highest BCUT2D eigenvalue weighted by Gasteiger charge is 2.56. The molecule has 6 rings (SSSR count). The Morgan fingerprint density at radius 1 is 0.886 bits per heavy atom. The third-order valence-corrected chi connectivity index (χ3v) is 10.5. The van der Waals surface area contributed by atoms with E-state index in [-0.39, 0.29) is 23.9 Å². The van der Waals surface area contributed by atoms with Crippen molar-refractivity contribution in [2.24, 2.45) is 5.92 Å². The number of benzene rings is 3. The fourth-order valence-corrected chi connectivity index (χ4v) is 8.40. The number of hydrogen-bond donors (Lipinski definition) is 1. The van der Waals surface area contributed by atoms with E-state index in [2.05, 4.69) is 5.32 Å². The van der Waals surface area contributed by atoms with Gasteiger partial charge >= 0.3 is 10.8 Å². The molecule has 3 aromatic carbocycles. The third-order valence-electron chi connectivity index (χ3n) is 7.34. The highest BCUT2D eigenvalue weighted by molar-refractivity contribution is 8.00. The molecule has 2 aliphatic rings. The van der Waals surface area contributed by atoms with Crippen molar-refractivity contribution in [2.45, 2.75) is 29.7 Å². The monoisotopic (exact) mass is 667 g/mol. The molecule has 3 atom stereocenters. The summed E-state index contributed by atoms with van der Waals surface area (Å²) in [6, 6.07) is 19.6. The Hall–Kier alpha value is -3.90. The Bertz CT molecular complexity index is 1840. The number of anilines is 2. The van der Waals surface area contributed by atoms with Crippen LogP contribution in [-0.4, -0.2) is 40.1 Å². The highest BCUT2D eigenvalue weighted by atomic mass is 35.5. The smallest absolute Gasteiger partial charge is 0.338 e. The minimum absolute atomic E-state index is 0.244. The number of fused-ring (bicyclic) bond motifs is 2. The quantitative estimate of drug-likeness (QED) is 0.195. The molecule has 1 N–H and O–H groups in total. The standard InChI is InChI=1S/C31H23Cl2N3O6S2/c1-2-42-30(40)17-5-11-20(12-6-17)34-22(37)15-35-29-26(44-31(35)41)23(16-3-7-18(32)8-4-16)24-25(43-29)28(39)36(27(24)38)21-13-9-19(33)10-14-21/h3-14,23-25H,2,15H2,1H3,(H,34,37)/t23-,24+,25-/m0/s1. The van der Waals surface area contributed by atoms with Crippen molar-refractivity contribution in [1.82, 2.24) is 4.57 Å². The number of aromatic nitrogens is 1. The lowest BCUT2D eigenvalue weighted by Gasteiger charge is -2.30. The van der Waals surface area contributed by atoms with Crippen LogP contribution in [0.25, 0.3) is 0 Å². The van der Waals surface area contributed by atoms with Gasteiger partial charge in [-0.1, -0.05) is 58.4 Å². The van der Waals surface area contributed by atoms with Crippen LogP contribution >= 0.6 is 46.3 Å². The molecule has 0 aliphatic carbocycles. The van der Waals surface area contributed by atoms with Crippen LogP contribution in [0.2, 0.25) is 10.0 Å². The molecule has 0 radical (unpaired) electrons. The Morgan fingerprint density at radius 3 is 2.16 bits per heavy atom. The number of amides is 3. The second-order valence-corrected chi connectivity index (χ2v) is 13.0. The maximum Gasteiger partial charge on any atom is 0.338 e. The fourth-order valence-electron chi connectivity index (χ4n) is 5.38. The van der Waals surface area contributed by atoms with Crippen LogP contribution in [0, 0.1) is 5.92 Å². The maximum atomic E-state index is 13.9. The second-order valence-electron chi connectivity index (χ2n) is 10.1. The van der Waals surface area contributed by atoms with E-state index in [1.165, 1.54) is 21.6 Å². The Kier molecular flexibility index (Phi) is 8.38. The molecule has 0 unspecified atom stereocenters. The van der Waals surface area contributed by atoms with Crippen molar-refractivity contribution in [1.29, 1.82) is 0 Å². The molecule has 2 aliphatic heterocycles. The van der Waals surface area contributed by atoms with E-state index >= 15 is 0 Å². The molecule has 4 aromatic rings. The molecule has 13 heteroatoms. The van der Waals surface area contributed by atoms with E-state index < -0.39 is 34.9 Å². The van der Waals surface area contributed by atoms with Crippen LogP contribution in [0.3, 0.4) is 0 Å². The molecule has 0 spiro atoms. The number of ether oxygens (including phenoxy) is 1. The number of rotatable bonds is 7. The zero-order valence-electron chi connectivity index (χ0n) is 23.0. The molecular weight excluding hydrogens is 645 g/mol. The fraction of sp³-hybridized carbons (Fsp3) is 0.194. The van der Waals surface area contributed by atoms with Crippen LogP contribution in [0.15, 0.2) is 82.6 Å². The van der Waals surface area contributed by atoms with Crippen LogP contribution in [0.5, 0.6) is 0 Å². The summed E-state index contributed by atoms with van der Waals surface area (Å²) in [5.74, 6) is -3.12. The largest absolute Gasteiger partial charge is 0.462 e. The molecular formula is C31H23Cl2N3O6S2. The number of hydrogen-bond acceptors (Lipinski definition) is 8. The molecule has 3 amide bonds. The Balaban J connectivity index is 1.33. The summed E-state index contributed by atoms with van der Waals surface area (Å²) in [6.45, 7) is 1.64. The Labute approximate surface area is 269 Å². The average Bonchev–Trinajstić information content (AvgIpc) is 3.45. The molecule has 1 fully saturated rings. The molecule has 9 nitrogen and oxygen atoms in total. The predicted molar refractivity (Wildman–Crippen MR) is 170 cm³/mol. The zero-order chi connectivity index (χ0) is 31.1. The van der Waals surface area contributed by atoms with Crippen LogP contribution in [0.1, 0.15) is 33.6 Å². The normalized spacial score (nSPS) is 19.0. The van der Waals surface area contributed by atoms with Gasteiger partial charge in [-0.15, -0.1) is 0 Å². The van der Waals surface area contributed by atoms with Gasteiger partial charge in [0.1, 0.15) is 11.8 Å². The molecule has 1 aromatic heterocycles. The summed E-state index contributed by atoms with van der Waals surface area (Å²) in [4.78, 5) is 67.5. The highest BCUT2D eigenvalue weighted by Crippen LogP contribution is 2.54. The van der Waals surface area contributed by atoms with Crippen molar-refractivity contribution in [2.75, 3.05) is 16.8 Å². The lowest BCUT2D eigenvalue weighted by molar-refractivity contribution is -0.122. The van der Waals surface area contributed by atoms with Gasteiger partial charge in [0.25, 0.3) is 0 Å². The van der Waals surface area contributed by atoms with E-state index in [4.69, 9.17) is 27.9 Å². The third kappa shape index (κ3) is 5.56. The van der Waals surface area contributed by atoms with Gasteiger partial charge in [-0.25, -0.2) is 9.69 Å². The zero-order valence-corrected chi connectivity index (χ0v) is 26.1. The topological polar surface area (TPSA) is 115 Å². The van der Waals surface area contributed by atoms with Gasteiger partial charge in [0.05, 0.1) is 28.8 Å². The first-order valence-electron chi connectivity index (χ1n) is 13.5. The number of thioether (sulfide) groups is 1. The van der Waals surface area contributed by atoms with Crippen LogP contribution in [0.4, 0.5) is 11.4 Å². The maximum absolute atomic E-state index is 13.9. The van der Waals surface area contributed by atoms with Crippen molar-refractivity contribution < 1.29 is 23.9 Å². The lowest BCUT2D eigenvalue weighted by Crippen LogP contribution is -2.33. The number of halogens is 2. The van der Waals surface area contributed by atoms with Crippen molar-refractivity contribution in [3.63, 3.8) is 0 Å². The van der Waals surface area contributed by atoms with Crippen molar-refractivity contribution in [3.05, 3.63) is 109 Å². The van der Waals surface area contributed by atoms with Gasteiger partial charge in [0, 0.05) is 26.5 Å². The van der Waals surface area contributed by atoms with Crippen LogP contribution < -0.4 is 15.1 Å². The van der Waals surface area contributed by atoms with E-state index in [1.54, 1.807) is 67.6 Å². The predicted octanol–water partition coefficient (Wildman–Crippen LogP) is 5.83. The lowest BCUT2D eigenvalue weighted by atomic mass is 9.83. The molecule has 44 heavy (non-hydrogen) atoms. The number of nitrogens with zero attached hydrogens (tertiary/aromatic N) is 2. The summed E-state index contributed by atoms with van der Waals surface area (Å²) >= 11 is 14.3. The van der Waals surface area contributed by atoms with Gasteiger partial charge in [0.2, 0.25) is 17.7 Å². The number of carbonyl (C=O) groups is 4. The van der Waals surface area contributed by atoms with Gasteiger partial charge in [-0.3, -0.25) is 23.7 Å². The summed E-state index contributed by atoms with van der Waals surface area (Å²) in [6.07, 6.45) is 0. The minimum atomic E-state index is -0.829. The Morgan fingerprint density at radius 2 is 1.52 bits per heavy atom. The van der Waals surface area contributed by atoms with E-state index in [0.717, 1.165) is 28.7 Å². The number of thiazole rings is 1. The first-order chi connectivity index (χ1) is 21.2. The van der Waals surface area contributed by atoms with E-state index in [1.807, 2.05) is 0 Å². The SMILES string of the molecule is CCOC(=O)c1ccc(NC(=O)Cn2c3c(sc2=O)[C@@H](c2ccc(Cl)cc2)[C@H]2C(=O)N(c4ccc(Cl)cc4)C(=O)[C@H]2S3)cc1. The van der Waals surface area contributed by atoms with Crippen LogP contribution in [-0.2, 0) is 25.7 Å². The van der Waals surface area contributed by atoms with E-state index in [9.17, 15) is 24.0 Å². The van der Waals surface area contributed by atoms with Gasteiger partial charge in [-0.2, -0.15) is 0 Å². The summed E-state index contributed by atoms with van der Waals surface area (Å²) < 4.78 is 6.33. The molecule has 1 saturated heterocycles.